The first-order valence-electron chi connectivity index (χ1n) is 9.16. The monoisotopic (exact) mass is 411 g/mol. The lowest BCUT2D eigenvalue weighted by Crippen LogP contribution is -2.28. The zero-order valence-corrected chi connectivity index (χ0v) is 17.2. The summed E-state index contributed by atoms with van der Waals surface area (Å²) < 4.78 is 11.1. The maximum absolute atomic E-state index is 12.9. The third-order valence-corrected chi connectivity index (χ3v) is 4.88. The standard InChI is InChI=1S/C21H21N3O6/c1-10-15(20(27)29-5)11(2)22-16(10)18(25)12(3)30-21(28)17-13-8-6-7-9-14(13)19(26)24(4)23-17/h6-9,12,22H,1-5H3. The zero-order chi connectivity index (χ0) is 22.2. The Bertz CT molecular complexity index is 1240. The highest BCUT2D eigenvalue weighted by atomic mass is 16.5. The fourth-order valence-corrected chi connectivity index (χ4v) is 3.33. The molecule has 156 valence electrons. The second-order valence-electron chi connectivity index (χ2n) is 6.85. The summed E-state index contributed by atoms with van der Waals surface area (Å²) in [4.78, 5) is 52.6. The molecule has 0 bridgehead atoms. The largest absolute Gasteiger partial charge is 0.465 e. The number of aromatic nitrogens is 3. The number of rotatable bonds is 5. The van der Waals surface area contributed by atoms with Gasteiger partial charge in [0.1, 0.15) is 0 Å². The Kier molecular flexibility index (Phi) is 5.55. The fraction of sp³-hybridized carbons (Fsp3) is 0.286. The third-order valence-electron chi connectivity index (χ3n) is 4.88. The van der Waals surface area contributed by atoms with Gasteiger partial charge in [-0.15, -0.1) is 0 Å². The number of carbonyl (C=O) groups excluding carboxylic acids is 3. The van der Waals surface area contributed by atoms with Crippen LogP contribution >= 0.6 is 0 Å². The van der Waals surface area contributed by atoms with E-state index in [9.17, 15) is 19.2 Å². The number of ketones is 1. The van der Waals surface area contributed by atoms with Gasteiger partial charge in [0, 0.05) is 18.1 Å². The minimum Gasteiger partial charge on any atom is -0.465 e. The Morgan fingerprint density at radius 3 is 2.37 bits per heavy atom. The molecule has 0 saturated carbocycles. The van der Waals surface area contributed by atoms with E-state index in [4.69, 9.17) is 9.47 Å². The Morgan fingerprint density at radius 1 is 1.10 bits per heavy atom. The molecular formula is C21H21N3O6. The summed E-state index contributed by atoms with van der Waals surface area (Å²) in [5.41, 5.74) is 0.905. The van der Waals surface area contributed by atoms with E-state index in [0.717, 1.165) is 4.68 Å². The summed E-state index contributed by atoms with van der Waals surface area (Å²) in [6.07, 6.45) is -1.16. The Labute approximate surface area is 171 Å². The van der Waals surface area contributed by atoms with Crippen molar-refractivity contribution in [1.82, 2.24) is 14.8 Å². The van der Waals surface area contributed by atoms with E-state index in [1.54, 1.807) is 38.1 Å². The second-order valence-corrected chi connectivity index (χ2v) is 6.85. The molecule has 2 heterocycles. The highest BCUT2D eigenvalue weighted by Gasteiger charge is 2.28. The Balaban J connectivity index is 1.91. The van der Waals surface area contributed by atoms with Gasteiger partial charge in [-0.2, -0.15) is 5.10 Å². The molecule has 0 aliphatic carbocycles. The van der Waals surface area contributed by atoms with Gasteiger partial charge in [-0.25, -0.2) is 14.3 Å². The van der Waals surface area contributed by atoms with Crippen molar-refractivity contribution in [3.8, 4) is 0 Å². The van der Waals surface area contributed by atoms with Crippen molar-refractivity contribution in [2.75, 3.05) is 7.11 Å². The second kappa shape index (κ2) is 7.94. The van der Waals surface area contributed by atoms with E-state index in [0.29, 0.717) is 22.0 Å². The molecule has 9 heteroatoms. The molecule has 30 heavy (non-hydrogen) atoms. The smallest absolute Gasteiger partial charge is 0.360 e. The van der Waals surface area contributed by atoms with Crippen molar-refractivity contribution in [3.05, 3.63) is 62.8 Å². The number of H-pyrrole nitrogens is 1. The molecule has 0 radical (unpaired) electrons. The first-order chi connectivity index (χ1) is 14.2. The van der Waals surface area contributed by atoms with Crippen molar-refractivity contribution in [2.24, 2.45) is 7.05 Å². The van der Waals surface area contributed by atoms with Crippen LogP contribution in [0.15, 0.2) is 29.1 Å². The molecule has 0 spiro atoms. The SMILES string of the molecule is COC(=O)c1c(C)[nH]c(C(=O)C(C)OC(=O)c2nn(C)c(=O)c3ccccc23)c1C. The summed E-state index contributed by atoms with van der Waals surface area (Å²) in [7, 11) is 2.68. The van der Waals surface area contributed by atoms with E-state index in [1.165, 1.54) is 21.1 Å². The summed E-state index contributed by atoms with van der Waals surface area (Å²) in [6.45, 7) is 4.69. The quantitative estimate of drug-likeness (QED) is 0.504. The molecule has 0 saturated heterocycles. The van der Waals surface area contributed by atoms with Crippen molar-refractivity contribution < 1.29 is 23.9 Å². The van der Waals surface area contributed by atoms with Crippen LogP contribution in [0.2, 0.25) is 0 Å². The number of ether oxygens (including phenoxy) is 2. The number of benzene rings is 1. The van der Waals surface area contributed by atoms with Gasteiger partial charge in [-0.1, -0.05) is 18.2 Å². The molecule has 3 aromatic rings. The topological polar surface area (TPSA) is 120 Å². The van der Waals surface area contributed by atoms with Crippen molar-refractivity contribution >= 4 is 28.5 Å². The molecule has 1 aromatic carbocycles. The lowest BCUT2D eigenvalue weighted by molar-refractivity contribution is 0.0311. The van der Waals surface area contributed by atoms with Crippen LogP contribution in [0.1, 0.15) is 49.5 Å². The van der Waals surface area contributed by atoms with E-state index in [2.05, 4.69) is 10.1 Å². The number of nitrogens with one attached hydrogen (secondary N) is 1. The van der Waals surface area contributed by atoms with Crippen LogP contribution in [0, 0.1) is 13.8 Å². The van der Waals surface area contributed by atoms with Crippen molar-refractivity contribution in [1.29, 1.82) is 0 Å². The molecule has 0 amide bonds. The number of aromatic amines is 1. The summed E-state index contributed by atoms with van der Waals surface area (Å²) in [5.74, 6) is -1.91. The average Bonchev–Trinajstić information content (AvgIpc) is 3.03. The first-order valence-corrected chi connectivity index (χ1v) is 9.16. The number of aryl methyl sites for hydroxylation is 2. The lowest BCUT2D eigenvalue weighted by atomic mass is 10.1. The average molecular weight is 411 g/mol. The molecule has 2 aromatic heterocycles. The number of methoxy groups -OCH3 is 1. The van der Waals surface area contributed by atoms with Gasteiger partial charge < -0.3 is 14.5 Å². The Hall–Kier alpha value is -3.75. The van der Waals surface area contributed by atoms with Crippen molar-refractivity contribution in [3.63, 3.8) is 0 Å². The van der Waals surface area contributed by atoms with E-state index < -0.39 is 23.8 Å². The van der Waals surface area contributed by atoms with Gasteiger partial charge in [-0.05, 0) is 32.4 Å². The number of hydrogen-bond acceptors (Lipinski definition) is 7. The summed E-state index contributed by atoms with van der Waals surface area (Å²) >= 11 is 0. The number of fused-ring (bicyclic) bond motifs is 1. The normalized spacial score (nSPS) is 11.9. The molecule has 9 nitrogen and oxygen atoms in total. The van der Waals surface area contributed by atoms with E-state index in [-0.39, 0.29) is 22.5 Å². The maximum atomic E-state index is 12.9. The fourth-order valence-electron chi connectivity index (χ4n) is 3.33. The van der Waals surface area contributed by atoms with Gasteiger partial charge in [0.25, 0.3) is 5.56 Å². The lowest BCUT2D eigenvalue weighted by Gasteiger charge is -2.13. The van der Waals surface area contributed by atoms with Crippen LogP contribution in [-0.4, -0.2) is 45.7 Å². The van der Waals surface area contributed by atoms with Crippen LogP contribution in [0.25, 0.3) is 10.8 Å². The predicted octanol–water partition coefficient (Wildman–Crippen LogP) is 2.09. The number of carbonyl (C=O) groups is 3. The van der Waals surface area contributed by atoms with Crippen LogP contribution in [0.3, 0.4) is 0 Å². The van der Waals surface area contributed by atoms with E-state index >= 15 is 0 Å². The zero-order valence-electron chi connectivity index (χ0n) is 17.2. The maximum Gasteiger partial charge on any atom is 0.360 e. The number of hydrogen-bond donors (Lipinski definition) is 1. The highest BCUT2D eigenvalue weighted by molar-refractivity contribution is 6.06. The van der Waals surface area contributed by atoms with Gasteiger partial charge in [0.2, 0.25) is 5.78 Å². The van der Waals surface area contributed by atoms with Crippen LogP contribution in [-0.2, 0) is 16.5 Å². The minimum absolute atomic E-state index is 0.0676. The molecule has 1 atom stereocenters. The molecule has 1 unspecified atom stereocenters. The van der Waals surface area contributed by atoms with Gasteiger partial charge >= 0.3 is 11.9 Å². The molecule has 1 N–H and O–H groups in total. The van der Waals surface area contributed by atoms with Crippen LogP contribution in [0.5, 0.6) is 0 Å². The number of nitrogens with zero attached hydrogens (tertiary/aromatic N) is 2. The summed E-state index contributed by atoms with van der Waals surface area (Å²) in [5, 5.41) is 4.66. The predicted molar refractivity (Wildman–Crippen MR) is 108 cm³/mol. The number of esters is 2. The van der Waals surface area contributed by atoms with Crippen LogP contribution in [0.4, 0.5) is 0 Å². The Morgan fingerprint density at radius 2 is 1.73 bits per heavy atom. The molecule has 0 aliphatic rings. The van der Waals surface area contributed by atoms with Gasteiger partial charge in [0.05, 0.1) is 23.8 Å². The van der Waals surface area contributed by atoms with Crippen molar-refractivity contribution in [2.45, 2.75) is 26.9 Å². The minimum atomic E-state index is -1.16. The third kappa shape index (κ3) is 3.49. The molecule has 0 aliphatic heterocycles. The number of Topliss-reactive ketones (excluding diaryl/α,β-unsaturated/α-hetero) is 1. The molecule has 3 rings (SSSR count). The van der Waals surface area contributed by atoms with Gasteiger partial charge in [-0.3, -0.25) is 9.59 Å². The van der Waals surface area contributed by atoms with Gasteiger partial charge in [0.15, 0.2) is 11.8 Å². The summed E-state index contributed by atoms with van der Waals surface area (Å²) in [6, 6.07) is 6.53. The molecular weight excluding hydrogens is 390 g/mol. The first kappa shape index (κ1) is 21.0. The van der Waals surface area contributed by atoms with Crippen LogP contribution < -0.4 is 5.56 Å². The molecule has 0 fully saturated rings. The highest BCUT2D eigenvalue weighted by Crippen LogP contribution is 2.21. The van der Waals surface area contributed by atoms with E-state index in [1.807, 2.05) is 0 Å².